The van der Waals surface area contributed by atoms with Gasteiger partial charge in [-0.15, -0.1) is 0 Å². The Morgan fingerprint density at radius 3 is 1.33 bits per heavy atom. The second kappa shape index (κ2) is 15.5. The molecule has 4 heteroatoms. The van der Waals surface area contributed by atoms with Gasteiger partial charge in [-0.2, -0.15) is 0 Å². The second-order valence-corrected chi connectivity index (χ2v) is 12.6. The molecule has 0 aromatic heterocycles. The van der Waals surface area contributed by atoms with E-state index in [0.717, 1.165) is 43.1 Å². The SMILES string of the molecule is O=C1CC(c2ccccc2)Oc2ccccc21.c1ccc(C2COc3ccccc3C2)cc1.c1ccc(C2COc3ccccc3C2)cc1. The summed E-state index contributed by atoms with van der Waals surface area (Å²) in [5, 5.41) is 0. The van der Waals surface area contributed by atoms with Gasteiger partial charge in [0.2, 0.25) is 0 Å². The Balaban J connectivity index is 0.000000116. The standard InChI is InChI=1S/C15H12O2.2C15H14O/c16-13-10-15(11-6-2-1-3-7-11)17-14-9-5-4-8-12(13)14;2*1-2-6-12(7-3-1)14-10-13-8-4-5-9-15(13)16-11-14/h1-9,15H,10H2;2*1-9,14H,10-11H2. The van der Waals surface area contributed by atoms with E-state index < -0.39 is 0 Å². The fourth-order valence-electron chi connectivity index (χ4n) is 6.66. The average Bonchev–Trinajstić information content (AvgIpc) is 3.19. The minimum absolute atomic E-state index is 0.153. The first-order chi connectivity index (χ1) is 24.2. The van der Waals surface area contributed by atoms with E-state index in [1.54, 1.807) is 0 Å². The van der Waals surface area contributed by atoms with E-state index in [1.165, 1.54) is 22.3 Å². The molecule has 4 nitrogen and oxygen atoms in total. The smallest absolute Gasteiger partial charge is 0.170 e. The van der Waals surface area contributed by atoms with Crippen LogP contribution < -0.4 is 14.2 Å². The molecule has 3 aliphatic heterocycles. The van der Waals surface area contributed by atoms with E-state index in [1.807, 2.05) is 66.7 Å². The van der Waals surface area contributed by atoms with Crippen LogP contribution in [0.2, 0.25) is 0 Å². The lowest BCUT2D eigenvalue weighted by atomic mass is 9.90. The predicted octanol–water partition coefficient (Wildman–Crippen LogP) is 10.2. The zero-order valence-corrected chi connectivity index (χ0v) is 27.5. The lowest BCUT2D eigenvalue weighted by molar-refractivity contribution is 0.0850. The number of ketones is 1. The number of hydrogen-bond acceptors (Lipinski definition) is 4. The van der Waals surface area contributed by atoms with Crippen molar-refractivity contribution >= 4 is 5.78 Å². The molecule has 0 saturated heterocycles. The van der Waals surface area contributed by atoms with E-state index in [4.69, 9.17) is 14.2 Å². The fourth-order valence-corrected chi connectivity index (χ4v) is 6.66. The van der Waals surface area contributed by atoms with E-state index in [2.05, 4.69) is 97.1 Å². The highest BCUT2D eigenvalue weighted by Gasteiger charge is 2.27. The molecule has 9 rings (SSSR count). The minimum atomic E-state index is -0.154. The summed E-state index contributed by atoms with van der Waals surface area (Å²) in [7, 11) is 0. The van der Waals surface area contributed by atoms with Gasteiger partial charge in [0.25, 0.3) is 0 Å². The fraction of sp³-hybridized carbons (Fsp3) is 0.178. The van der Waals surface area contributed by atoms with Gasteiger partial charge in [-0.3, -0.25) is 4.79 Å². The Morgan fingerprint density at radius 1 is 0.408 bits per heavy atom. The molecule has 49 heavy (non-hydrogen) atoms. The van der Waals surface area contributed by atoms with Gasteiger partial charge in [-0.05, 0) is 64.9 Å². The van der Waals surface area contributed by atoms with E-state index in [0.29, 0.717) is 29.6 Å². The Labute approximate surface area is 288 Å². The average molecular weight is 645 g/mol. The van der Waals surface area contributed by atoms with Gasteiger partial charge in [0.05, 0.1) is 25.2 Å². The maximum absolute atomic E-state index is 12.0. The highest BCUT2D eigenvalue weighted by atomic mass is 16.5. The van der Waals surface area contributed by atoms with Gasteiger partial charge >= 0.3 is 0 Å². The van der Waals surface area contributed by atoms with Crippen LogP contribution in [0.25, 0.3) is 0 Å². The molecule has 3 unspecified atom stereocenters. The van der Waals surface area contributed by atoms with Crippen molar-refractivity contribution in [3.63, 3.8) is 0 Å². The van der Waals surface area contributed by atoms with Crippen LogP contribution in [0.1, 0.15) is 62.5 Å². The molecule has 3 atom stereocenters. The summed E-state index contributed by atoms with van der Waals surface area (Å²) in [5.41, 5.74) is 7.13. The van der Waals surface area contributed by atoms with Gasteiger partial charge in [0, 0.05) is 11.8 Å². The first-order valence-electron chi connectivity index (χ1n) is 17.1. The second-order valence-electron chi connectivity index (χ2n) is 12.6. The van der Waals surface area contributed by atoms with Gasteiger partial charge in [0.15, 0.2) is 5.78 Å². The lowest BCUT2D eigenvalue weighted by Gasteiger charge is -2.25. The van der Waals surface area contributed by atoms with Crippen molar-refractivity contribution in [3.05, 3.63) is 197 Å². The number of rotatable bonds is 3. The molecule has 0 spiro atoms. The van der Waals surface area contributed by atoms with Crippen LogP contribution in [0.4, 0.5) is 0 Å². The van der Waals surface area contributed by atoms with Crippen LogP contribution in [0, 0.1) is 0 Å². The van der Waals surface area contributed by atoms with Gasteiger partial charge in [-0.1, -0.05) is 140 Å². The monoisotopic (exact) mass is 644 g/mol. The Kier molecular flexibility index (Phi) is 10.1. The van der Waals surface area contributed by atoms with Crippen LogP contribution in [-0.4, -0.2) is 19.0 Å². The quantitative estimate of drug-likeness (QED) is 0.192. The molecule has 6 aromatic rings. The number of carbonyl (C=O) groups excluding carboxylic acids is 1. The number of fused-ring (bicyclic) bond motifs is 3. The normalized spacial score (nSPS) is 18.5. The summed E-state index contributed by atoms with van der Waals surface area (Å²) < 4.78 is 17.4. The zero-order chi connectivity index (χ0) is 33.3. The third-order valence-corrected chi connectivity index (χ3v) is 9.30. The van der Waals surface area contributed by atoms with Gasteiger partial charge in [-0.25, -0.2) is 0 Å². The van der Waals surface area contributed by atoms with Crippen molar-refractivity contribution in [2.75, 3.05) is 13.2 Å². The largest absolute Gasteiger partial charge is 0.493 e. The molecule has 244 valence electrons. The van der Waals surface area contributed by atoms with Crippen LogP contribution in [-0.2, 0) is 12.8 Å². The summed E-state index contributed by atoms with van der Waals surface area (Å²) >= 11 is 0. The van der Waals surface area contributed by atoms with Crippen molar-refractivity contribution in [2.45, 2.75) is 37.2 Å². The van der Waals surface area contributed by atoms with Crippen LogP contribution in [0.5, 0.6) is 17.2 Å². The van der Waals surface area contributed by atoms with Crippen molar-refractivity contribution < 1.29 is 19.0 Å². The zero-order valence-electron chi connectivity index (χ0n) is 27.5. The predicted molar refractivity (Wildman–Crippen MR) is 195 cm³/mol. The third-order valence-electron chi connectivity index (χ3n) is 9.30. The summed E-state index contributed by atoms with van der Waals surface area (Å²) in [6.45, 7) is 1.59. The van der Waals surface area contributed by atoms with Gasteiger partial charge < -0.3 is 14.2 Å². The summed E-state index contributed by atoms with van der Waals surface area (Å²) in [6.07, 6.45) is 2.43. The number of benzene rings is 6. The number of carbonyl (C=O) groups is 1. The molecular weight excluding hydrogens is 604 g/mol. The summed E-state index contributed by atoms with van der Waals surface area (Å²) in [4.78, 5) is 12.0. The van der Waals surface area contributed by atoms with Crippen molar-refractivity contribution in [3.8, 4) is 17.2 Å². The first-order valence-corrected chi connectivity index (χ1v) is 17.1. The molecular formula is C45H40O4. The Bertz CT molecular complexity index is 1860. The topological polar surface area (TPSA) is 44.8 Å². The number of ether oxygens (including phenoxy) is 3. The lowest BCUT2D eigenvalue weighted by Crippen LogP contribution is -2.20. The van der Waals surface area contributed by atoms with Crippen molar-refractivity contribution in [1.82, 2.24) is 0 Å². The molecule has 3 heterocycles. The number of para-hydroxylation sites is 3. The first kappa shape index (κ1) is 32.0. The van der Waals surface area contributed by atoms with Crippen LogP contribution >= 0.6 is 0 Å². The summed E-state index contributed by atoms with van der Waals surface area (Å²) in [6, 6.07) is 55.1. The Hall–Kier alpha value is -5.61. The molecule has 3 aliphatic rings. The molecule has 6 aromatic carbocycles. The minimum Gasteiger partial charge on any atom is -0.493 e. The molecule has 0 N–H and O–H groups in total. The molecule has 0 fully saturated rings. The van der Waals surface area contributed by atoms with E-state index in [-0.39, 0.29) is 11.9 Å². The van der Waals surface area contributed by atoms with E-state index >= 15 is 0 Å². The molecule has 0 bridgehead atoms. The highest BCUT2D eigenvalue weighted by molar-refractivity contribution is 5.99. The van der Waals surface area contributed by atoms with E-state index in [9.17, 15) is 4.79 Å². The van der Waals surface area contributed by atoms with Gasteiger partial charge in [0.1, 0.15) is 23.4 Å². The Morgan fingerprint density at radius 2 is 0.816 bits per heavy atom. The summed E-state index contributed by atoms with van der Waals surface area (Å²) in [5.74, 6) is 3.94. The third kappa shape index (κ3) is 7.93. The molecule has 0 radical (unpaired) electrons. The van der Waals surface area contributed by atoms with Crippen molar-refractivity contribution in [1.29, 1.82) is 0 Å². The number of hydrogen-bond donors (Lipinski definition) is 0. The molecule has 0 aliphatic carbocycles. The molecule has 0 saturated carbocycles. The maximum atomic E-state index is 12.0. The van der Waals surface area contributed by atoms with Crippen molar-refractivity contribution in [2.24, 2.45) is 0 Å². The highest BCUT2D eigenvalue weighted by Crippen LogP contribution is 2.35. The molecule has 0 amide bonds. The van der Waals surface area contributed by atoms with Crippen LogP contribution in [0.15, 0.2) is 164 Å². The van der Waals surface area contributed by atoms with Crippen LogP contribution in [0.3, 0.4) is 0 Å². The number of Topliss-reactive ketones (excluding diaryl/α,β-unsaturated/α-hetero) is 1. The maximum Gasteiger partial charge on any atom is 0.170 e.